The number of aromatic nitrogens is 5. The lowest BCUT2D eigenvalue weighted by atomic mass is 10.1. The molecule has 1 aliphatic rings. The molecule has 0 spiro atoms. The minimum atomic E-state index is -2.70. The number of carbonyl (C=O) groups is 1. The van der Waals surface area contributed by atoms with Crippen LogP contribution in [0.2, 0.25) is 5.15 Å². The number of amides is 1. The summed E-state index contributed by atoms with van der Waals surface area (Å²) in [5.74, 6) is -2.54. The van der Waals surface area contributed by atoms with Gasteiger partial charge >= 0.3 is 0 Å². The molecule has 3 aromatic rings. The molecule has 0 radical (unpaired) electrons. The van der Waals surface area contributed by atoms with Crippen molar-refractivity contribution in [1.29, 1.82) is 0 Å². The van der Waals surface area contributed by atoms with Gasteiger partial charge in [0.15, 0.2) is 5.82 Å². The molecule has 12 heteroatoms. The van der Waals surface area contributed by atoms with E-state index in [0.29, 0.717) is 5.82 Å². The van der Waals surface area contributed by atoms with Crippen molar-refractivity contribution in [2.75, 3.05) is 6.61 Å². The molecule has 164 valence electrons. The SMILES string of the molecule is Cc1c(SNC(=O)c2ccc(-n3ccc(OCC4(C)CC4(F)F)n3)nc2Cl)cnn1C. The average Bonchev–Trinajstić information content (AvgIpc) is 3.07. The highest BCUT2D eigenvalue weighted by Gasteiger charge is 2.68. The van der Waals surface area contributed by atoms with Crippen molar-refractivity contribution in [2.45, 2.75) is 31.1 Å². The maximum Gasteiger partial charge on any atom is 0.264 e. The number of carbonyl (C=O) groups excluding carboxylic acids is 1. The topological polar surface area (TPSA) is 86.9 Å². The molecule has 1 unspecified atom stereocenters. The summed E-state index contributed by atoms with van der Waals surface area (Å²) in [5.41, 5.74) is -0.0346. The first-order valence-corrected chi connectivity index (χ1v) is 10.5. The monoisotopic (exact) mass is 468 g/mol. The molecule has 31 heavy (non-hydrogen) atoms. The van der Waals surface area contributed by atoms with E-state index in [1.165, 1.54) is 17.7 Å². The number of ether oxygens (including phenoxy) is 1. The van der Waals surface area contributed by atoms with Gasteiger partial charge in [-0.3, -0.25) is 14.2 Å². The van der Waals surface area contributed by atoms with E-state index in [1.807, 2.05) is 14.0 Å². The van der Waals surface area contributed by atoms with Crippen LogP contribution in [0.4, 0.5) is 8.78 Å². The van der Waals surface area contributed by atoms with Gasteiger partial charge in [-0.2, -0.15) is 5.10 Å². The van der Waals surface area contributed by atoms with Crippen molar-refractivity contribution in [3.8, 4) is 11.7 Å². The fourth-order valence-electron chi connectivity index (χ4n) is 2.80. The summed E-state index contributed by atoms with van der Waals surface area (Å²) in [6.07, 6.45) is 3.04. The Bertz CT molecular complexity index is 1150. The van der Waals surface area contributed by atoms with Gasteiger partial charge in [0.2, 0.25) is 5.88 Å². The average molecular weight is 469 g/mol. The van der Waals surface area contributed by atoms with Crippen LogP contribution in [0.1, 0.15) is 29.4 Å². The molecular weight excluding hydrogens is 450 g/mol. The lowest BCUT2D eigenvalue weighted by Crippen LogP contribution is -2.17. The minimum Gasteiger partial charge on any atom is -0.476 e. The first-order valence-electron chi connectivity index (χ1n) is 9.29. The van der Waals surface area contributed by atoms with Gasteiger partial charge in [-0.15, -0.1) is 5.10 Å². The molecule has 3 heterocycles. The van der Waals surface area contributed by atoms with Gasteiger partial charge in [-0.1, -0.05) is 18.5 Å². The van der Waals surface area contributed by atoms with Gasteiger partial charge in [0.05, 0.1) is 27.8 Å². The number of hydrogen-bond donors (Lipinski definition) is 1. The summed E-state index contributed by atoms with van der Waals surface area (Å²) in [5, 5.41) is 8.30. The molecule has 0 aliphatic heterocycles. The quantitative estimate of drug-likeness (QED) is 0.419. The number of pyridine rings is 1. The number of rotatable bonds is 7. The number of halogens is 3. The van der Waals surface area contributed by atoms with Gasteiger partial charge in [0.1, 0.15) is 11.8 Å². The van der Waals surface area contributed by atoms with E-state index in [2.05, 4.69) is 19.9 Å². The lowest BCUT2D eigenvalue weighted by molar-refractivity contribution is 0.0490. The van der Waals surface area contributed by atoms with E-state index >= 15 is 0 Å². The Labute approximate surface area is 186 Å². The molecule has 1 aliphatic carbocycles. The van der Waals surface area contributed by atoms with Crippen LogP contribution in [0.15, 0.2) is 35.5 Å². The molecule has 3 aromatic heterocycles. The Morgan fingerprint density at radius 1 is 1.39 bits per heavy atom. The molecule has 1 N–H and O–H groups in total. The summed E-state index contributed by atoms with van der Waals surface area (Å²) in [4.78, 5) is 17.5. The van der Waals surface area contributed by atoms with Gasteiger partial charge in [-0.25, -0.2) is 18.4 Å². The number of hydrogen-bond acceptors (Lipinski definition) is 6. The Morgan fingerprint density at radius 3 is 2.74 bits per heavy atom. The molecule has 1 amide bonds. The van der Waals surface area contributed by atoms with Gasteiger partial charge in [0.25, 0.3) is 11.8 Å². The fourth-order valence-corrected chi connectivity index (χ4v) is 3.73. The maximum atomic E-state index is 13.3. The molecule has 4 rings (SSSR count). The second kappa shape index (κ2) is 7.79. The fraction of sp³-hybridized carbons (Fsp3) is 0.368. The number of nitrogens with zero attached hydrogens (tertiary/aromatic N) is 5. The summed E-state index contributed by atoms with van der Waals surface area (Å²) < 4.78 is 37.8. The summed E-state index contributed by atoms with van der Waals surface area (Å²) in [6, 6.07) is 4.66. The lowest BCUT2D eigenvalue weighted by Gasteiger charge is -2.10. The van der Waals surface area contributed by atoms with E-state index in [0.717, 1.165) is 22.5 Å². The van der Waals surface area contributed by atoms with Crippen LogP contribution in [0.25, 0.3) is 5.82 Å². The molecule has 0 saturated heterocycles. The first-order chi connectivity index (χ1) is 14.6. The van der Waals surface area contributed by atoms with Crippen LogP contribution in [0.5, 0.6) is 5.88 Å². The van der Waals surface area contributed by atoms with Gasteiger partial charge in [-0.05, 0) is 31.0 Å². The Morgan fingerprint density at radius 2 is 2.13 bits per heavy atom. The second-order valence-electron chi connectivity index (χ2n) is 7.59. The highest BCUT2D eigenvalue weighted by Crippen LogP contribution is 2.60. The maximum absolute atomic E-state index is 13.3. The van der Waals surface area contributed by atoms with Crippen LogP contribution >= 0.6 is 23.5 Å². The zero-order chi connectivity index (χ0) is 22.4. The van der Waals surface area contributed by atoms with Crippen LogP contribution < -0.4 is 9.46 Å². The number of aryl methyl sites for hydroxylation is 1. The predicted octanol–water partition coefficient (Wildman–Crippen LogP) is 3.82. The largest absolute Gasteiger partial charge is 0.476 e. The van der Waals surface area contributed by atoms with Crippen molar-refractivity contribution in [3.05, 3.63) is 47.0 Å². The van der Waals surface area contributed by atoms with Crippen molar-refractivity contribution in [3.63, 3.8) is 0 Å². The number of alkyl halides is 2. The molecule has 0 bridgehead atoms. The summed E-state index contributed by atoms with van der Waals surface area (Å²) >= 11 is 7.34. The molecule has 1 atom stereocenters. The minimum absolute atomic E-state index is 0.00149. The molecule has 1 saturated carbocycles. The number of nitrogens with one attached hydrogen (secondary N) is 1. The van der Waals surface area contributed by atoms with Gasteiger partial charge in [0, 0.05) is 25.7 Å². The van der Waals surface area contributed by atoms with Crippen LogP contribution in [0, 0.1) is 12.3 Å². The normalized spacial score (nSPS) is 19.3. The Hall–Kier alpha value is -2.66. The third-order valence-corrected chi connectivity index (χ3v) is 6.43. The standard InChI is InChI=1S/C19H19ClF2N6O2S/c1-11-13(8-23-27(11)3)31-26-17(29)12-4-5-14(24-16(12)20)28-7-6-15(25-28)30-10-18(2)9-19(18,21)22/h4-8H,9-10H2,1-3H3,(H,26,29). The van der Waals surface area contributed by atoms with E-state index in [4.69, 9.17) is 16.3 Å². The molecule has 0 aromatic carbocycles. The van der Waals surface area contributed by atoms with Crippen LogP contribution in [-0.2, 0) is 7.05 Å². The van der Waals surface area contributed by atoms with Crippen LogP contribution in [0.3, 0.4) is 0 Å². The smallest absolute Gasteiger partial charge is 0.264 e. The van der Waals surface area contributed by atoms with Crippen LogP contribution in [-0.4, -0.2) is 43.0 Å². The third kappa shape index (κ3) is 4.24. The van der Waals surface area contributed by atoms with E-state index in [9.17, 15) is 13.6 Å². The molecule has 8 nitrogen and oxygen atoms in total. The Kier molecular flexibility index (Phi) is 5.42. The zero-order valence-electron chi connectivity index (χ0n) is 16.9. The van der Waals surface area contributed by atoms with Crippen molar-refractivity contribution in [1.82, 2.24) is 29.3 Å². The summed E-state index contributed by atoms with van der Waals surface area (Å²) in [7, 11) is 1.81. The van der Waals surface area contributed by atoms with E-state index < -0.39 is 17.2 Å². The summed E-state index contributed by atoms with van der Waals surface area (Å²) in [6.45, 7) is 3.24. The molecule has 1 fully saturated rings. The first kappa shape index (κ1) is 21.6. The highest BCUT2D eigenvalue weighted by atomic mass is 35.5. The van der Waals surface area contributed by atoms with Crippen molar-refractivity contribution >= 4 is 29.5 Å². The Balaban J connectivity index is 1.40. The molecular formula is C19H19ClF2N6O2S. The predicted molar refractivity (Wildman–Crippen MR) is 111 cm³/mol. The van der Waals surface area contributed by atoms with E-state index in [1.54, 1.807) is 29.2 Å². The van der Waals surface area contributed by atoms with Crippen molar-refractivity contribution in [2.24, 2.45) is 12.5 Å². The zero-order valence-corrected chi connectivity index (χ0v) is 18.5. The van der Waals surface area contributed by atoms with Gasteiger partial charge < -0.3 is 4.74 Å². The highest BCUT2D eigenvalue weighted by molar-refractivity contribution is 7.98. The third-order valence-electron chi connectivity index (χ3n) is 5.23. The van der Waals surface area contributed by atoms with Crippen molar-refractivity contribution < 1.29 is 18.3 Å². The second-order valence-corrected chi connectivity index (χ2v) is 8.79. The van der Waals surface area contributed by atoms with E-state index in [-0.39, 0.29) is 29.6 Å².